The summed E-state index contributed by atoms with van der Waals surface area (Å²) >= 11 is 0. The topological polar surface area (TPSA) is 66.8 Å². The Morgan fingerprint density at radius 1 is 1.31 bits per heavy atom. The van der Waals surface area contributed by atoms with Crippen LogP contribution in [0.1, 0.15) is 23.7 Å². The number of hydrogen-bond acceptors (Lipinski definition) is 4. The summed E-state index contributed by atoms with van der Waals surface area (Å²) in [6, 6.07) is 6.27. The molecule has 0 aromatic heterocycles. The Balaban J connectivity index is 0.00000225. The summed E-state index contributed by atoms with van der Waals surface area (Å²) in [4.78, 5) is 11.1. The molecule has 0 aliphatic rings. The number of carbonyl (C=O) groups is 1. The average molecular weight is 234 g/mol. The Hall–Kier alpha value is -0.390. The van der Waals surface area contributed by atoms with Crippen LogP contribution in [0, 0.1) is 0 Å². The van der Waals surface area contributed by atoms with Crippen LogP contribution in [0.4, 0.5) is 0 Å². The van der Waals surface area contributed by atoms with E-state index in [0.29, 0.717) is 12.4 Å². The first-order chi connectivity index (χ1) is 7.15. The van der Waals surface area contributed by atoms with E-state index in [1.54, 1.807) is 12.1 Å². The molecule has 0 saturated heterocycles. The number of rotatable bonds is 5. The first kappa shape index (κ1) is 15.6. The second-order valence-corrected chi connectivity index (χ2v) is 3.11. The summed E-state index contributed by atoms with van der Waals surface area (Å²) in [6.07, 6.45) is -1.04. The van der Waals surface area contributed by atoms with Crippen LogP contribution in [-0.4, -0.2) is 58.5 Å². The van der Waals surface area contributed by atoms with E-state index in [1.807, 2.05) is 6.92 Å². The summed E-state index contributed by atoms with van der Waals surface area (Å²) < 4.78 is 5.31. The minimum absolute atomic E-state index is 0. The van der Waals surface area contributed by atoms with E-state index in [2.05, 4.69) is 0 Å². The maximum atomic E-state index is 11.1. The van der Waals surface area contributed by atoms with Gasteiger partial charge in [-0.1, -0.05) is 6.92 Å². The molecule has 0 unspecified atom stereocenters. The molecule has 2 N–H and O–H groups in total. The number of carbonyl (C=O) groups excluding carboxylic acids is 1. The van der Waals surface area contributed by atoms with Crippen molar-refractivity contribution in [2.24, 2.45) is 0 Å². The summed E-state index contributed by atoms with van der Waals surface area (Å²) in [5.74, 6) is -0.0436. The van der Waals surface area contributed by atoms with Crippen molar-refractivity contribution in [1.29, 1.82) is 0 Å². The van der Waals surface area contributed by atoms with Gasteiger partial charge in [0.05, 0.1) is 6.61 Å². The van der Waals surface area contributed by atoms with Crippen molar-refractivity contribution in [3.63, 3.8) is 0 Å². The Morgan fingerprint density at radius 3 is 2.31 bits per heavy atom. The zero-order chi connectivity index (χ0) is 11.3. The van der Waals surface area contributed by atoms with Crippen molar-refractivity contribution in [3.8, 4) is 5.75 Å². The van der Waals surface area contributed by atoms with Crippen LogP contribution in [0.5, 0.6) is 5.75 Å². The number of aliphatic hydroxyl groups excluding tert-OH is 1. The van der Waals surface area contributed by atoms with E-state index in [4.69, 9.17) is 14.9 Å². The van der Waals surface area contributed by atoms with Gasteiger partial charge < -0.3 is 14.9 Å². The molecule has 0 aliphatic heterocycles. The molecule has 1 rings (SSSR count). The van der Waals surface area contributed by atoms with Crippen molar-refractivity contribution in [2.45, 2.75) is 19.6 Å². The fourth-order valence-corrected chi connectivity index (χ4v) is 1.08. The third-order valence-electron chi connectivity index (χ3n) is 1.85. The van der Waals surface area contributed by atoms with Crippen molar-refractivity contribution >= 4 is 35.3 Å². The van der Waals surface area contributed by atoms with E-state index in [-0.39, 0.29) is 35.1 Å². The fourth-order valence-electron chi connectivity index (χ4n) is 1.08. The third-order valence-corrected chi connectivity index (χ3v) is 1.85. The molecule has 0 amide bonds. The normalized spacial score (nSPS) is 9.75. The van der Waals surface area contributed by atoms with Crippen LogP contribution < -0.4 is 4.74 Å². The summed E-state index contributed by atoms with van der Waals surface area (Å²) in [6.45, 7) is 2.62. The van der Waals surface area contributed by atoms with Gasteiger partial charge in [-0.25, -0.2) is 0 Å². The molecule has 0 radical (unpaired) electrons. The van der Waals surface area contributed by atoms with E-state index < -0.39 is 12.1 Å². The van der Waals surface area contributed by atoms with Crippen molar-refractivity contribution in [1.82, 2.24) is 0 Å². The maximum absolute atomic E-state index is 11.1. The molecule has 5 heteroatoms. The van der Waals surface area contributed by atoms with Gasteiger partial charge in [0, 0.05) is 5.56 Å². The van der Waals surface area contributed by atoms with Crippen LogP contribution in [0.2, 0.25) is 0 Å². The molecular formula is C11H15NaO4. The van der Waals surface area contributed by atoms with Gasteiger partial charge in [0.2, 0.25) is 12.1 Å². The van der Waals surface area contributed by atoms with E-state index in [0.717, 1.165) is 6.42 Å². The Morgan fingerprint density at radius 2 is 1.88 bits per heavy atom. The molecule has 1 aromatic carbocycles. The van der Waals surface area contributed by atoms with Gasteiger partial charge in [-0.15, -0.1) is 0 Å². The van der Waals surface area contributed by atoms with Gasteiger partial charge in [0.25, 0.3) is 0 Å². The first-order valence-electron chi connectivity index (χ1n) is 4.78. The molecule has 4 nitrogen and oxygen atoms in total. The predicted octanol–water partition coefficient (Wildman–Crippen LogP) is 0.320. The predicted molar refractivity (Wildman–Crippen MR) is 61.9 cm³/mol. The van der Waals surface area contributed by atoms with Gasteiger partial charge in [0.1, 0.15) is 5.75 Å². The molecule has 1 aromatic rings. The van der Waals surface area contributed by atoms with Crippen LogP contribution in [0.15, 0.2) is 24.3 Å². The van der Waals surface area contributed by atoms with Crippen LogP contribution in [-0.2, 0) is 0 Å². The SMILES string of the molecule is CCCOc1ccc(C(=O)C(O)O)cc1.[NaH]. The molecule has 0 atom stereocenters. The van der Waals surface area contributed by atoms with Crippen LogP contribution in [0.25, 0.3) is 0 Å². The van der Waals surface area contributed by atoms with Gasteiger partial charge >= 0.3 is 29.6 Å². The Labute approximate surface area is 117 Å². The average Bonchev–Trinajstić information content (AvgIpc) is 2.26. The number of hydrogen-bond donors (Lipinski definition) is 2. The molecule has 0 fully saturated rings. The minimum atomic E-state index is -1.95. The number of aliphatic hydroxyl groups is 2. The summed E-state index contributed by atoms with van der Waals surface area (Å²) in [7, 11) is 0. The van der Waals surface area contributed by atoms with E-state index in [1.165, 1.54) is 12.1 Å². The van der Waals surface area contributed by atoms with Crippen molar-refractivity contribution < 1.29 is 19.7 Å². The second kappa shape index (κ2) is 7.81. The van der Waals surface area contributed by atoms with Gasteiger partial charge in [0.15, 0.2) is 0 Å². The summed E-state index contributed by atoms with van der Waals surface area (Å²) in [5, 5.41) is 17.3. The molecule has 0 saturated carbocycles. The number of Topliss-reactive ketones (excluding diaryl/α,β-unsaturated/α-hetero) is 1. The molecule has 16 heavy (non-hydrogen) atoms. The molecular weight excluding hydrogens is 219 g/mol. The van der Waals surface area contributed by atoms with Crippen molar-refractivity contribution in [3.05, 3.63) is 29.8 Å². The quantitative estimate of drug-likeness (QED) is 0.437. The zero-order valence-electron chi connectivity index (χ0n) is 8.51. The van der Waals surface area contributed by atoms with Gasteiger partial charge in [-0.3, -0.25) is 4.79 Å². The van der Waals surface area contributed by atoms with Crippen LogP contribution >= 0.6 is 0 Å². The number of ether oxygens (including phenoxy) is 1. The molecule has 0 heterocycles. The standard InChI is InChI=1S/C11H14O4.Na.H/c1-2-7-15-9-5-3-8(4-6-9)10(12)11(13)14;;/h3-6,11,13-14H,2,7H2,1H3;;. The first-order valence-corrected chi connectivity index (χ1v) is 4.78. The third kappa shape index (κ3) is 4.63. The monoisotopic (exact) mass is 234 g/mol. The molecule has 0 bridgehead atoms. The molecule has 0 spiro atoms. The second-order valence-electron chi connectivity index (χ2n) is 3.11. The Bertz CT molecular complexity index is 321. The van der Waals surface area contributed by atoms with Crippen LogP contribution in [0.3, 0.4) is 0 Å². The number of ketones is 1. The fraction of sp³-hybridized carbons (Fsp3) is 0.364. The Kier molecular flexibility index (Phi) is 7.62. The van der Waals surface area contributed by atoms with E-state index in [9.17, 15) is 4.79 Å². The number of benzene rings is 1. The zero-order valence-corrected chi connectivity index (χ0v) is 8.51. The van der Waals surface area contributed by atoms with E-state index >= 15 is 0 Å². The molecule has 84 valence electrons. The van der Waals surface area contributed by atoms with Gasteiger partial charge in [-0.2, -0.15) is 0 Å². The molecule has 0 aliphatic carbocycles. The van der Waals surface area contributed by atoms with Gasteiger partial charge in [-0.05, 0) is 30.7 Å². The van der Waals surface area contributed by atoms with Crippen molar-refractivity contribution in [2.75, 3.05) is 6.61 Å². The summed E-state index contributed by atoms with van der Waals surface area (Å²) in [5.41, 5.74) is 0.258.